The van der Waals surface area contributed by atoms with Crippen LogP contribution in [-0.4, -0.2) is 18.2 Å². The van der Waals surface area contributed by atoms with Gasteiger partial charge >= 0.3 is 0 Å². The van der Waals surface area contributed by atoms with Gasteiger partial charge in [-0.1, -0.05) is 5.16 Å². The molecule has 3 heteroatoms. The molecule has 1 aromatic rings. The summed E-state index contributed by atoms with van der Waals surface area (Å²) in [5, 5.41) is 7.39. The van der Waals surface area contributed by atoms with Crippen molar-refractivity contribution in [3.63, 3.8) is 0 Å². The van der Waals surface area contributed by atoms with Gasteiger partial charge in [0.15, 0.2) is 0 Å². The fourth-order valence-corrected chi connectivity index (χ4v) is 1.68. The largest absolute Gasteiger partial charge is 0.361 e. The molecule has 0 amide bonds. The molecule has 0 aliphatic carbocycles. The molecule has 0 saturated carbocycles. The molecule has 1 saturated heterocycles. The van der Waals surface area contributed by atoms with Gasteiger partial charge in [-0.25, -0.2) is 0 Å². The first-order chi connectivity index (χ1) is 5.86. The zero-order valence-corrected chi connectivity index (χ0v) is 7.34. The van der Waals surface area contributed by atoms with Gasteiger partial charge in [-0.05, 0) is 26.3 Å². The minimum absolute atomic E-state index is 0.566. The van der Waals surface area contributed by atoms with E-state index >= 15 is 0 Å². The van der Waals surface area contributed by atoms with Crippen molar-refractivity contribution < 1.29 is 4.52 Å². The van der Waals surface area contributed by atoms with Crippen LogP contribution in [0.2, 0.25) is 0 Å². The number of nitrogens with one attached hydrogen (secondary N) is 1. The maximum Gasteiger partial charge on any atom is 0.133 e. The van der Waals surface area contributed by atoms with Crippen molar-refractivity contribution >= 4 is 0 Å². The Morgan fingerprint density at radius 2 is 2.58 bits per heavy atom. The average Bonchev–Trinajstić information content (AvgIpc) is 2.54. The highest BCUT2D eigenvalue weighted by atomic mass is 16.5. The Balaban J connectivity index is 2.08. The normalized spacial score (nSPS) is 24.2. The molecule has 12 heavy (non-hydrogen) atoms. The van der Waals surface area contributed by atoms with Crippen molar-refractivity contribution in [2.45, 2.75) is 25.7 Å². The van der Waals surface area contributed by atoms with Crippen LogP contribution < -0.4 is 5.32 Å². The second kappa shape index (κ2) is 3.27. The fourth-order valence-electron chi connectivity index (χ4n) is 1.68. The third-order valence-electron chi connectivity index (χ3n) is 2.36. The van der Waals surface area contributed by atoms with Crippen LogP contribution in [-0.2, 0) is 0 Å². The quantitative estimate of drug-likeness (QED) is 0.686. The second-order valence-corrected chi connectivity index (χ2v) is 3.41. The first-order valence-corrected chi connectivity index (χ1v) is 4.50. The molecular formula is C9H14N2O. The van der Waals surface area contributed by atoms with E-state index in [1.807, 2.05) is 13.0 Å². The fraction of sp³-hybridized carbons (Fsp3) is 0.667. The Labute approximate surface area is 72.1 Å². The van der Waals surface area contributed by atoms with Gasteiger partial charge in [-0.3, -0.25) is 0 Å². The number of hydrogen-bond donors (Lipinski definition) is 1. The van der Waals surface area contributed by atoms with Crippen LogP contribution in [0.5, 0.6) is 0 Å². The van der Waals surface area contributed by atoms with Gasteiger partial charge in [0, 0.05) is 18.5 Å². The van der Waals surface area contributed by atoms with E-state index < -0.39 is 0 Å². The number of aromatic nitrogens is 1. The molecule has 1 aliphatic rings. The van der Waals surface area contributed by atoms with E-state index in [0.29, 0.717) is 5.92 Å². The highest BCUT2D eigenvalue weighted by Gasteiger charge is 2.17. The predicted molar refractivity (Wildman–Crippen MR) is 46.1 cm³/mol. The minimum Gasteiger partial charge on any atom is -0.361 e. The van der Waals surface area contributed by atoms with Gasteiger partial charge < -0.3 is 9.84 Å². The Kier molecular flexibility index (Phi) is 2.13. The first-order valence-electron chi connectivity index (χ1n) is 4.50. The van der Waals surface area contributed by atoms with Gasteiger partial charge in [0.2, 0.25) is 0 Å². The van der Waals surface area contributed by atoms with E-state index in [0.717, 1.165) is 24.5 Å². The molecule has 1 aromatic heterocycles. The Morgan fingerprint density at radius 1 is 1.67 bits per heavy atom. The topological polar surface area (TPSA) is 38.1 Å². The molecule has 2 heterocycles. The molecule has 1 fully saturated rings. The molecule has 3 nitrogen and oxygen atoms in total. The molecular weight excluding hydrogens is 152 g/mol. The van der Waals surface area contributed by atoms with E-state index in [9.17, 15) is 0 Å². The van der Waals surface area contributed by atoms with E-state index in [4.69, 9.17) is 4.52 Å². The highest BCUT2D eigenvalue weighted by Crippen LogP contribution is 2.22. The van der Waals surface area contributed by atoms with Gasteiger partial charge in [-0.15, -0.1) is 0 Å². The van der Waals surface area contributed by atoms with E-state index in [-0.39, 0.29) is 0 Å². The highest BCUT2D eigenvalue weighted by molar-refractivity contribution is 5.10. The van der Waals surface area contributed by atoms with Crippen LogP contribution >= 0.6 is 0 Å². The average molecular weight is 166 g/mol. The maximum atomic E-state index is 5.04. The minimum atomic E-state index is 0.566. The number of piperidine rings is 1. The molecule has 0 aromatic carbocycles. The van der Waals surface area contributed by atoms with Crippen molar-refractivity contribution in [2.24, 2.45) is 0 Å². The summed E-state index contributed by atoms with van der Waals surface area (Å²) in [6.07, 6.45) is 2.48. The molecule has 0 radical (unpaired) electrons. The smallest absolute Gasteiger partial charge is 0.133 e. The Morgan fingerprint density at radius 3 is 3.17 bits per heavy atom. The van der Waals surface area contributed by atoms with Crippen LogP contribution in [0.1, 0.15) is 30.2 Å². The second-order valence-electron chi connectivity index (χ2n) is 3.41. The van der Waals surface area contributed by atoms with Crippen molar-refractivity contribution in [3.8, 4) is 0 Å². The molecule has 1 aliphatic heterocycles. The van der Waals surface area contributed by atoms with Crippen LogP contribution in [0.4, 0.5) is 0 Å². The van der Waals surface area contributed by atoms with Crippen molar-refractivity contribution in [1.82, 2.24) is 10.5 Å². The molecule has 2 rings (SSSR count). The maximum absolute atomic E-state index is 5.04. The summed E-state index contributed by atoms with van der Waals surface area (Å²) in [6.45, 7) is 4.13. The lowest BCUT2D eigenvalue weighted by atomic mass is 9.96. The zero-order valence-electron chi connectivity index (χ0n) is 7.34. The van der Waals surface area contributed by atoms with Crippen molar-refractivity contribution in [2.75, 3.05) is 13.1 Å². The number of hydrogen-bond acceptors (Lipinski definition) is 3. The lowest BCUT2D eigenvalue weighted by molar-refractivity contribution is 0.372. The van der Waals surface area contributed by atoms with Crippen molar-refractivity contribution in [3.05, 3.63) is 17.5 Å². The first kappa shape index (κ1) is 7.80. The summed E-state index contributed by atoms with van der Waals surface area (Å²) < 4.78 is 5.04. The number of rotatable bonds is 1. The van der Waals surface area contributed by atoms with Crippen LogP contribution in [0.3, 0.4) is 0 Å². The van der Waals surface area contributed by atoms with Crippen molar-refractivity contribution in [1.29, 1.82) is 0 Å². The Hall–Kier alpha value is -0.830. The Bertz CT molecular complexity index is 251. The van der Waals surface area contributed by atoms with Gasteiger partial charge in [0.25, 0.3) is 0 Å². The van der Waals surface area contributed by atoms with E-state index in [1.165, 1.54) is 12.8 Å². The summed E-state index contributed by atoms with van der Waals surface area (Å²) in [7, 11) is 0. The van der Waals surface area contributed by atoms with Gasteiger partial charge in [0.1, 0.15) is 5.76 Å². The van der Waals surface area contributed by atoms with Crippen LogP contribution in [0.25, 0.3) is 0 Å². The molecule has 66 valence electrons. The third kappa shape index (κ3) is 1.50. The van der Waals surface area contributed by atoms with Gasteiger partial charge in [-0.2, -0.15) is 0 Å². The zero-order chi connectivity index (χ0) is 8.39. The molecule has 1 atom stereocenters. The monoisotopic (exact) mass is 166 g/mol. The molecule has 0 bridgehead atoms. The number of aryl methyl sites for hydroxylation is 1. The lowest BCUT2D eigenvalue weighted by Gasteiger charge is -2.20. The predicted octanol–water partition coefficient (Wildman–Crippen LogP) is 1.45. The summed E-state index contributed by atoms with van der Waals surface area (Å²) in [5.41, 5.74) is 1.11. The third-order valence-corrected chi connectivity index (χ3v) is 2.36. The van der Waals surface area contributed by atoms with Gasteiger partial charge in [0.05, 0.1) is 5.69 Å². The molecule has 1 unspecified atom stereocenters. The molecule has 0 spiro atoms. The SMILES string of the molecule is Cc1cc(C2CCCNC2)no1. The summed E-state index contributed by atoms with van der Waals surface area (Å²) >= 11 is 0. The number of nitrogens with zero attached hydrogens (tertiary/aromatic N) is 1. The summed E-state index contributed by atoms with van der Waals surface area (Å²) in [6, 6.07) is 2.04. The summed E-state index contributed by atoms with van der Waals surface area (Å²) in [5.74, 6) is 1.48. The van der Waals surface area contributed by atoms with Crippen LogP contribution in [0.15, 0.2) is 10.6 Å². The molecule has 1 N–H and O–H groups in total. The van der Waals surface area contributed by atoms with Crippen LogP contribution in [0, 0.1) is 6.92 Å². The van der Waals surface area contributed by atoms with E-state index in [1.54, 1.807) is 0 Å². The lowest BCUT2D eigenvalue weighted by Crippen LogP contribution is -2.28. The standard InChI is InChI=1S/C9H14N2O/c1-7-5-9(11-12-7)8-3-2-4-10-6-8/h5,8,10H,2-4,6H2,1H3. The van der Waals surface area contributed by atoms with E-state index in [2.05, 4.69) is 10.5 Å². The summed E-state index contributed by atoms with van der Waals surface area (Å²) in [4.78, 5) is 0.